The number of halogens is 1. The molecule has 4 rings (SSSR count). The molecule has 0 bridgehead atoms. The van der Waals surface area contributed by atoms with E-state index in [4.69, 9.17) is 5.73 Å². The number of benzene rings is 3. The molecule has 0 saturated heterocycles. The molecule has 0 aliphatic carbocycles. The number of primary amides is 1. The highest BCUT2D eigenvalue weighted by Crippen LogP contribution is 2.32. The number of anilines is 1. The number of rotatable bonds is 12. The third-order valence-electron chi connectivity index (χ3n) is 6.64. The summed E-state index contributed by atoms with van der Waals surface area (Å²) in [5.41, 5.74) is 10.8. The normalized spacial score (nSPS) is 12.6. The lowest BCUT2D eigenvalue weighted by Crippen LogP contribution is -2.31. The van der Waals surface area contributed by atoms with Crippen LogP contribution in [0.1, 0.15) is 35.6 Å². The highest BCUT2D eigenvalue weighted by Gasteiger charge is 2.21. The van der Waals surface area contributed by atoms with Gasteiger partial charge in [0.1, 0.15) is 11.9 Å². The lowest BCUT2D eigenvalue weighted by molar-refractivity contribution is -0.138. The molecule has 4 N–H and O–H groups in total. The van der Waals surface area contributed by atoms with Gasteiger partial charge in [-0.2, -0.15) is 0 Å². The summed E-state index contributed by atoms with van der Waals surface area (Å²) in [6.07, 6.45) is 4.33. The van der Waals surface area contributed by atoms with Gasteiger partial charge in [-0.1, -0.05) is 48.5 Å². The average molecular weight is 515 g/mol. The van der Waals surface area contributed by atoms with Crippen LogP contribution in [0.25, 0.3) is 11.1 Å². The maximum Gasteiger partial charge on any atom is 0.326 e. The van der Waals surface area contributed by atoms with Crippen molar-refractivity contribution < 1.29 is 19.1 Å². The number of carboxylic acid groups (broad SMARTS) is 1. The predicted molar refractivity (Wildman–Crippen MR) is 145 cm³/mol. The monoisotopic (exact) mass is 514 g/mol. The van der Waals surface area contributed by atoms with E-state index in [9.17, 15) is 19.1 Å². The summed E-state index contributed by atoms with van der Waals surface area (Å²) in [6.45, 7) is 2.67. The zero-order valence-electron chi connectivity index (χ0n) is 21.2. The smallest absolute Gasteiger partial charge is 0.326 e. The molecule has 0 fully saturated rings. The molecule has 0 aliphatic rings. The Hall–Kier alpha value is -4.46. The number of nitrogens with zero attached hydrogens (tertiary/aromatic N) is 2. The minimum Gasteiger partial charge on any atom is -0.480 e. The van der Waals surface area contributed by atoms with Gasteiger partial charge in [-0.25, -0.2) is 14.2 Å². The summed E-state index contributed by atoms with van der Waals surface area (Å²) in [6, 6.07) is 21.2. The zero-order valence-corrected chi connectivity index (χ0v) is 21.2. The Labute approximate surface area is 221 Å². The second kappa shape index (κ2) is 12.2. The summed E-state index contributed by atoms with van der Waals surface area (Å²) in [4.78, 5) is 27.4. The summed E-state index contributed by atoms with van der Waals surface area (Å²) in [5.74, 6) is -1.83. The number of carboxylic acids is 1. The van der Waals surface area contributed by atoms with Crippen LogP contribution in [-0.4, -0.2) is 32.6 Å². The largest absolute Gasteiger partial charge is 0.480 e. The lowest BCUT2D eigenvalue weighted by Gasteiger charge is -2.22. The topological polar surface area (TPSA) is 110 Å². The number of hydrogen-bond donors (Lipinski definition) is 3. The summed E-state index contributed by atoms with van der Waals surface area (Å²) < 4.78 is 15.8. The number of carbonyl (C=O) groups is 2. The lowest BCUT2D eigenvalue weighted by atomic mass is 9.89. The molecule has 0 spiro atoms. The van der Waals surface area contributed by atoms with Crippen LogP contribution in [0.2, 0.25) is 0 Å². The Bertz CT molecular complexity index is 1390. The molecular formula is C30H31FN4O3. The van der Waals surface area contributed by atoms with Crippen molar-refractivity contribution in [2.24, 2.45) is 5.73 Å². The van der Waals surface area contributed by atoms with Crippen LogP contribution in [0, 0.1) is 12.7 Å². The minimum absolute atomic E-state index is 0.0320. The van der Waals surface area contributed by atoms with Gasteiger partial charge in [0.25, 0.3) is 0 Å². The minimum atomic E-state index is -1.05. The number of nitrogens with one attached hydrogen (secondary N) is 1. The maximum atomic E-state index is 13.7. The number of aromatic nitrogens is 2. The van der Waals surface area contributed by atoms with E-state index in [1.54, 1.807) is 6.33 Å². The first-order chi connectivity index (χ1) is 18.3. The number of carbonyl (C=O) groups excluding carboxylic acids is 1. The molecule has 196 valence electrons. The van der Waals surface area contributed by atoms with Gasteiger partial charge in [0.2, 0.25) is 5.91 Å². The molecule has 0 saturated carbocycles. The van der Waals surface area contributed by atoms with E-state index in [0.29, 0.717) is 18.7 Å². The van der Waals surface area contributed by atoms with Crippen LogP contribution in [0.5, 0.6) is 0 Å². The van der Waals surface area contributed by atoms with E-state index in [0.717, 1.165) is 27.9 Å². The first-order valence-electron chi connectivity index (χ1n) is 12.5. The summed E-state index contributed by atoms with van der Waals surface area (Å²) >= 11 is 0. The van der Waals surface area contributed by atoms with Crippen molar-refractivity contribution in [1.29, 1.82) is 0 Å². The number of amides is 1. The van der Waals surface area contributed by atoms with Crippen molar-refractivity contribution >= 4 is 17.6 Å². The summed E-state index contributed by atoms with van der Waals surface area (Å²) in [7, 11) is 0. The molecule has 2 atom stereocenters. The molecule has 0 radical (unpaired) electrons. The van der Waals surface area contributed by atoms with Crippen LogP contribution in [-0.2, 0) is 22.6 Å². The van der Waals surface area contributed by atoms with Gasteiger partial charge in [0, 0.05) is 42.0 Å². The van der Waals surface area contributed by atoms with Gasteiger partial charge < -0.3 is 20.7 Å². The van der Waals surface area contributed by atoms with Crippen molar-refractivity contribution in [3.05, 3.63) is 108 Å². The third kappa shape index (κ3) is 6.85. The SMILES string of the molecule is Cc1cncn1CC(Cc1ccc(N[C@@H](CCC(N)=O)C(=O)O)c(-c2ccccc2)c1)c1ccc(F)cc1. The van der Waals surface area contributed by atoms with Gasteiger partial charge in [-0.05, 0) is 60.7 Å². The van der Waals surface area contributed by atoms with Crippen LogP contribution in [0.15, 0.2) is 85.3 Å². The Morgan fingerprint density at radius 2 is 1.82 bits per heavy atom. The Morgan fingerprint density at radius 3 is 2.45 bits per heavy atom. The molecule has 1 amide bonds. The third-order valence-corrected chi connectivity index (χ3v) is 6.64. The second-order valence-corrected chi connectivity index (χ2v) is 9.43. The first-order valence-corrected chi connectivity index (χ1v) is 12.5. The fourth-order valence-corrected chi connectivity index (χ4v) is 4.56. The van der Waals surface area contributed by atoms with Crippen molar-refractivity contribution in [3.8, 4) is 11.1 Å². The molecule has 0 aliphatic heterocycles. The number of hydrogen-bond acceptors (Lipinski definition) is 4. The first kappa shape index (κ1) is 26.6. The van der Waals surface area contributed by atoms with Gasteiger partial charge in [-0.3, -0.25) is 4.79 Å². The average Bonchev–Trinajstić information content (AvgIpc) is 3.31. The second-order valence-electron chi connectivity index (χ2n) is 9.43. The number of aryl methyl sites for hydroxylation is 1. The highest BCUT2D eigenvalue weighted by molar-refractivity contribution is 5.84. The van der Waals surface area contributed by atoms with Gasteiger partial charge in [0.15, 0.2) is 0 Å². The van der Waals surface area contributed by atoms with Crippen molar-refractivity contribution in [2.45, 2.75) is 44.7 Å². The fourth-order valence-electron chi connectivity index (χ4n) is 4.56. The maximum absolute atomic E-state index is 13.7. The van der Waals surface area contributed by atoms with Crippen molar-refractivity contribution in [1.82, 2.24) is 9.55 Å². The van der Waals surface area contributed by atoms with E-state index in [1.807, 2.05) is 67.7 Å². The zero-order chi connectivity index (χ0) is 27.1. The van der Waals surface area contributed by atoms with Gasteiger partial charge in [0.05, 0.1) is 6.33 Å². The molecule has 1 unspecified atom stereocenters. The molecule has 3 aromatic carbocycles. The molecule has 38 heavy (non-hydrogen) atoms. The van der Waals surface area contributed by atoms with Crippen molar-refractivity contribution in [3.63, 3.8) is 0 Å². The van der Waals surface area contributed by atoms with E-state index < -0.39 is 17.9 Å². The van der Waals surface area contributed by atoms with E-state index in [2.05, 4.69) is 20.9 Å². The van der Waals surface area contributed by atoms with Crippen LogP contribution >= 0.6 is 0 Å². The number of aliphatic carboxylic acids is 1. The fraction of sp³-hybridized carbons (Fsp3) is 0.233. The van der Waals surface area contributed by atoms with Crippen LogP contribution in [0.3, 0.4) is 0 Å². The number of imidazole rings is 1. The summed E-state index contributed by atoms with van der Waals surface area (Å²) in [5, 5.41) is 12.8. The van der Waals surface area contributed by atoms with E-state index in [1.165, 1.54) is 12.1 Å². The molecular weight excluding hydrogens is 483 g/mol. The van der Waals surface area contributed by atoms with Crippen LogP contribution in [0.4, 0.5) is 10.1 Å². The quantitative estimate of drug-likeness (QED) is 0.242. The molecule has 4 aromatic rings. The van der Waals surface area contributed by atoms with Crippen molar-refractivity contribution in [2.75, 3.05) is 5.32 Å². The Morgan fingerprint density at radius 1 is 1.08 bits per heavy atom. The van der Waals surface area contributed by atoms with Gasteiger partial charge in [-0.15, -0.1) is 0 Å². The Balaban J connectivity index is 1.68. The van der Waals surface area contributed by atoms with Crippen LogP contribution < -0.4 is 11.1 Å². The Kier molecular flexibility index (Phi) is 8.53. The molecule has 8 heteroatoms. The highest BCUT2D eigenvalue weighted by atomic mass is 19.1. The standard InChI is InChI=1S/C30H31FN4O3/c1-20-17-33-19-35(20)18-24(22-8-10-25(31)11-9-22)15-21-7-12-27(26(16-21)23-5-3-2-4-6-23)34-28(30(37)38)13-14-29(32)36/h2-12,16-17,19,24,28,34H,13-15,18H2,1H3,(H2,32,36)(H,37,38)/t24?,28-/m0/s1. The van der Waals surface area contributed by atoms with Gasteiger partial charge >= 0.3 is 5.97 Å². The molecule has 1 aromatic heterocycles. The van der Waals surface area contributed by atoms with E-state index in [-0.39, 0.29) is 24.6 Å². The predicted octanol–water partition coefficient (Wildman–Crippen LogP) is 5.15. The van der Waals surface area contributed by atoms with E-state index >= 15 is 0 Å². The molecule has 1 heterocycles. The number of nitrogens with two attached hydrogens (primary N) is 1. The molecule has 7 nitrogen and oxygen atoms in total.